The van der Waals surface area contributed by atoms with Crippen LogP contribution in [-0.2, 0) is 9.59 Å². The lowest BCUT2D eigenvalue weighted by molar-refractivity contribution is -0.136. The van der Waals surface area contributed by atoms with Gasteiger partial charge in [-0.15, -0.1) is 0 Å². The van der Waals surface area contributed by atoms with Crippen LogP contribution in [0, 0.1) is 11.2 Å². The molecule has 1 aromatic rings. The molecule has 9 heteroatoms. The van der Waals surface area contributed by atoms with Gasteiger partial charge >= 0.3 is 0 Å². The first-order chi connectivity index (χ1) is 17.3. The van der Waals surface area contributed by atoms with Crippen molar-refractivity contribution in [1.29, 1.82) is 0 Å². The van der Waals surface area contributed by atoms with Crippen LogP contribution in [0.3, 0.4) is 0 Å². The first-order valence-electron chi connectivity index (χ1n) is 13.0. The number of allylic oxidation sites excluding steroid dienone is 2. The van der Waals surface area contributed by atoms with Gasteiger partial charge in [0.05, 0.1) is 16.8 Å². The molecular weight excluding hydrogens is 463 g/mol. The van der Waals surface area contributed by atoms with Crippen molar-refractivity contribution in [2.45, 2.75) is 63.5 Å². The number of hydrogen-bond donors (Lipinski definition) is 1. The van der Waals surface area contributed by atoms with E-state index in [1.165, 1.54) is 18.9 Å². The van der Waals surface area contributed by atoms with E-state index in [4.69, 9.17) is 0 Å². The lowest BCUT2D eigenvalue weighted by Gasteiger charge is -2.30. The summed E-state index contributed by atoms with van der Waals surface area (Å²) < 4.78 is 15.3. The van der Waals surface area contributed by atoms with E-state index in [9.17, 15) is 19.2 Å². The Morgan fingerprint density at radius 1 is 0.889 bits per heavy atom. The molecule has 8 nitrogen and oxygen atoms in total. The van der Waals surface area contributed by atoms with Gasteiger partial charge in [0.15, 0.2) is 0 Å². The molecule has 4 heterocycles. The van der Waals surface area contributed by atoms with E-state index in [-0.39, 0.29) is 29.4 Å². The number of rotatable bonds is 3. The number of carbonyl (C=O) groups excluding carboxylic acids is 4. The van der Waals surface area contributed by atoms with Crippen molar-refractivity contribution in [3.8, 4) is 0 Å². The molecule has 0 aromatic heterocycles. The van der Waals surface area contributed by atoms with Gasteiger partial charge in [0.2, 0.25) is 11.8 Å². The van der Waals surface area contributed by atoms with Crippen LogP contribution in [0.5, 0.6) is 0 Å². The van der Waals surface area contributed by atoms with Crippen LogP contribution in [0.2, 0.25) is 0 Å². The largest absolute Gasteiger partial charge is 0.369 e. The summed E-state index contributed by atoms with van der Waals surface area (Å²) in [6.45, 7) is 3.51. The molecule has 0 saturated carbocycles. The van der Waals surface area contributed by atoms with Crippen LogP contribution < -0.4 is 10.2 Å². The molecule has 4 amide bonds. The standard InChI is InChI=1S/C27H31FN4O4/c28-20-13-18-19(26(36)32(25(18)35)21-7-8-23(33)29-24(21)34)14-22(20)31-12-10-27(16-31)9-11-30(15-27)17-5-3-1-2-4-6-17/h1-2,13-14,17,21H,3-12,15-16H2,(H,29,33,34). The number of likely N-dealkylation sites (tertiary alicyclic amines) is 1. The second kappa shape index (κ2) is 8.80. The summed E-state index contributed by atoms with van der Waals surface area (Å²) in [5.74, 6) is -2.91. The third kappa shape index (κ3) is 3.84. The summed E-state index contributed by atoms with van der Waals surface area (Å²) in [4.78, 5) is 55.5. The van der Waals surface area contributed by atoms with Crippen LogP contribution in [0.1, 0.15) is 72.1 Å². The van der Waals surface area contributed by atoms with Gasteiger partial charge in [-0.2, -0.15) is 0 Å². The summed E-state index contributed by atoms with van der Waals surface area (Å²) in [6, 6.07) is 2.17. The Bertz CT molecular complexity index is 1170. The molecule has 0 radical (unpaired) electrons. The number of piperidine rings is 1. The number of carbonyl (C=O) groups is 4. The third-order valence-electron chi connectivity index (χ3n) is 8.77. The zero-order valence-corrected chi connectivity index (χ0v) is 20.3. The molecule has 5 aliphatic rings. The monoisotopic (exact) mass is 494 g/mol. The average Bonchev–Trinajstić information content (AvgIpc) is 3.44. The summed E-state index contributed by atoms with van der Waals surface area (Å²) in [5, 5.41) is 2.19. The molecule has 1 spiro atoms. The van der Waals surface area contributed by atoms with E-state index < -0.39 is 35.5 Å². The van der Waals surface area contributed by atoms with Crippen molar-refractivity contribution in [1.82, 2.24) is 15.1 Å². The molecule has 1 aromatic carbocycles. The van der Waals surface area contributed by atoms with Crippen molar-refractivity contribution < 1.29 is 23.6 Å². The van der Waals surface area contributed by atoms with Gasteiger partial charge in [-0.3, -0.25) is 34.3 Å². The Kier molecular flexibility index (Phi) is 5.70. The van der Waals surface area contributed by atoms with Crippen LogP contribution in [0.15, 0.2) is 24.3 Å². The maximum Gasteiger partial charge on any atom is 0.262 e. The zero-order valence-electron chi connectivity index (χ0n) is 20.3. The Labute approximate surface area is 209 Å². The van der Waals surface area contributed by atoms with Crippen molar-refractivity contribution in [3.05, 3.63) is 41.2 Å². The molecular formula is C27H31FN4O4. The first-order valence-corrected chi connectivity index (χ1v) is 13.0. The van der Waals surface area contributed by atoms with E-state index >= 15 is 4.39 Å². The number of nitrogens with zero attached hydrogens (tertiary/aromatic N) is 3. The minimum Gasteiger partial charge on any atom is -0.369 e. The van der Waals surface area contributed by atoms with Gasteiger partial charge in [0.1, 0.15) is 11.9 Å². The van der Waals surface area contributed by atoms with Gasteiger partial charge in [-0.25, -0.2) is 4.39 Å². The predicted molar refractivity (Wildman–Crippen MR) is 130 cm³/mol. The fraction of sp³-hybridized carbons (Fsp3) is 0.556. The molecule has 4 aliphatic heterocycles. The molecule has 36 heavy (non-hydrogen) atoms. The topological polar surface area (TPSA) is 90.0 Å². The number of benzene rings is 1. The normalized spacial score (nSPS) is 29.4. The maximum atomic E-state index is 15.3. The highest BCUT2D eigenvalue weighted by molar-refractivity contribution is 6.23. The Morgan fingerprint density at radius 2 is 1.58 bits per heavy atom. The highest BCUT2D eigenvalue weighted by Gasteiger charge is 2.48. The minimum atomic E-state index is -1.06. The molecule has 2 atom stereocenters. The number of imide groups is 2. The molecule has 1 aliphatic carbocycles. The Balaban J connectivity index is 1.19. The van der Waals surface area contributed by atoms with Crippen molar-refractivity contribution in [3.63, 3.8) is 0 Å². The van der Waals surface area contributed by atoms with Gasteiger partial charge in [0.25, 0.3) is 11.8 Å². The molecule has 3 saturated heterocycles. The van der Waals surface area contributed by atoms with Gasteiger partial charge in [-0.05, 0) is 63.6 Å². The number of halogens is 1. The summed E-state index contributed by atoms with van der Waals surface area (Å²) in [6.07, 6.45) is 11.4. The molecule has 3 fully saturated rings. The second-order valence-corrected chi connectivity index (χ2v) is 11.0. The number of nitrogens with one attached hydrogen (secondary N) is 1. The minimum absolute atomic E-state index is 0.0196. The molecule has 2 unspecified atom stereocenters. The molecule has 190 valence electrons. The van der Waals surface area contributed by atoms with Crippen LogP contribution >= 0.6 is 0 Å². The summed E-state index contributed by atoms with van der Waals surface area (Å²) in [7, 11) is 0. The van der Waals surface area contributed by atoms with E-state index in [0.29, 0.717) is 18.3 Å². The quantitative estimate of drug-likeness (QED) is 0.513. The van der Waals surface area contributed by atoms with Gasteiger partial charge in [-0.1, -0.05) is 12.2 Å². The first kappa shape index (κ1) is 23.3. The zero-order chi connectivity index (χ0) is 25.0. The second-order valence-electron chi connectivity index (χ2n) is 11.0. The van der Waals surface area contributed by atoms with E-state index in [0.717, 1.165) is 56.3 Å². The third-order valence-corrected chi connectivity index (χ3v) is 8.77. The maximum absolute atomic E-state index is 15.3. The fourth-order valence-electron chi connectivity index (χ4n) is 6.80. The van der Waals surface area contributed by atoms with Gasteiger partial charge in [0, 0.05) is 37.5 Å². The Hall–Kier alpha value is -3.07. The fourth-order valence-corrected chi connectivity index (χ4v) is 6.80. The smallest absolute Gasteiger partial charge is 0.262 e. The van der Waals surface area contributed by atoms with E-state index in [1.54, 1.807) is 0 Å². The van der Waals surface area contributed by atoms with Crippen LogP contribution in [0.25, 0.3) is 0 Å². The lowest BCUT2D eigenvalue weighted by Crippen LogP contribution is -2.54. The Morgan fingerprint density at radius 3 is 2.31 bits per heavy atom. The molecule has 1 N–H and O–H groups in total. The van der Waals surface area contributed by atoms with Crippen LogP contribution in [-0.4, -0.2) is 71.7 Å². The number of anilines is 1. The highest BCUT2D eigenvalue weighted by Crippen LogP contribution is 2.44. The predicted octanol–water partition coefficient (Wildman–Crippen LogP) is 2.63. The molecule has 0 bridgehead atoms. The summed E-state index contributed by atoms with van der Waals surface area (Å²) >= 11 is 0. The highest BCUT2D eigenvalue weighted by atomic mass is 19.1. The SMILES string of the molecule is O=C1CCC(N2C(=O)c3cc(F)c(N4CCC5(CCN(C6CCC=CCC6)C5)C4)cc3C2=O)C(=O)N1. The number of hydrogen-bond acceptors (Lipinski definition) is 6. The van der Waals surface area contributed by atoms with E-state index in [1.807, 2.05) is 4.90 Å². The van der Waals surface area contributed by atoms with Crippen molar-refractivity contribution in [2.24, 2.45) is 5.41 Å². The van der Waals surface area contributed by atoms with Gasteiger partial charge < -0.3 is 4.90 Å². The van der Waals surface area contributed by atoms with E-state index in [2.05, 4.69) is 22.4 Å². The molecule has 6 rings (SSSR count). The number of fused-ring (bicyclic) bond motifs is 1. The lowest BCUT2D eigenvalue weighted by atomic mass is 9.86. The number of amides is 4. The van der Waals surface area contributed by atoms with Crippen LogP contribution in [0.4, 0.5) is 10.1 Å². The van der Waals surface area contributed by atoms with Crippen molar-refractivity contribution >= 4 is 29.3 Å². The summed E-state index contributed by atoms with van der Waals surface area (Å²) in [5.41, 5.74) is 0.563. The average molecular weight is 495 g/mol. The van der Waals surface area contributed by atoms with Crippen molar-refractivity contribution in [2.75, 3.05) is 31.1 Å².